The number of anilines is 1. The van der Waals surface area contributed by atoms with E-state index in [0.717, 1.165) is 30.2 Å². The fraction of sp³-hybridized carbons (Fsp3) is 0.296. The lowest BCUT2D eigenvalue weighted by atomic mass is 9.99. The molecular formula is C27H28F2N2O2. The zero-order valence-electron chi connectivity index (χ0n) is 18.9. The fourth-order valence-corrected chi connectivity index (χ4v) is 4.45. The number of halogens is 2. The van der Waals surface area contributed by atoms with Crippen LogP contribution in [0.15, 0.2) is 66.7 Å². The van der Waals surface area contributed by atoms with Crippen molar-refractivity contribution in [2.75, 3.05) is 25.1 Å². The summed E-state index contributed by atoms with van der Waals surface area (Å²) in [6, 6.07) is 18.9. The molecule has 0 spiro atoms. The van der Waals surface area contributed by atoms with Crippen molar-refractivity contribution in [2.24, 2.45) is 0 Å². The Balaban J connectivity index is 1.55. The molecule has 1 fully saturated rings. The average molecular weight is 451 g/mol. The Morgan fingerprint density at radius 3 is 2.48 bits per heavy atom. The molecule has 0 aliphatic carbocycles. The highest BCUT2D eigenvalue weighted by molar-refractivity contribution is 6.08. The van der Waals surface area contributed by atoms with Gasteiger partial charge in [-0.2, -0.15) is 0 Å². The molecule has 1 saturated heterocycles. The summed E-state index contributed by atoms with van der Waals surface area (Å²) in [6.07, 6.45) is 1.50. The van der Waals surface area contributed by atoms with Crippen LogP contribution in [0.1, 0.15) is 34.3 Å². The van der Waals surface area contributed by atoms with Crippen LogP contribution < -0.4 is 9.64 Å². The number of ether oxygens (including phenoxy) is 1. The van der Waals surface area contributed by atoms with E-state index in [0.29, 0.717) is 36.5 Å². The van der Waals surface area contributed by atoms with Gasteiger partial charge >= 0.3 is 0 Å². The van der Waals surface area contributed by atoms with Crippen molar-refractivity contribution >= 4 is 11.6 Å². The first kappa shape index (κ1) is 22.9. The number of benzene rings is 3. The maximum absolute atomic E-state index is 14.1. The molecule has 1 heterocycles. The van der Waals surface area contributed by atoms with Crippen molar-refractivity contribution < 1.29 is 18.3 Å². The van der Waals surface area contributed by atoms with E-state index in [2.05, 4.69) is 4.90 Å². The van der Waals surface area contributed by atoms with E-state index in [-0.39, 0.29) is 11.9 Å². The first-order chi connectivity index (χ1) is 16.0. The molecule has 0 bridgehead atoms. The molecule has 4 nitrogen and oxygen atoms in total. The first-order valence-corrected chi connectivity index (χ1v) is 11.2. The van der Waals surface area contributed by atoms with Gasteiger partial charge in [0.25, 0.3) is 5.91 Å². The number of likely N-dealkylation sites (tertiary alicyclic amines) is 1. The van der Waals surface area contributed by atoms with E-state index in [1.54, 1.807) is 19.2 Å². The number of piperidine rings is 1. The van der Waals surface area contributed by atoms with Crippen LogP contribution in [0.3, 0.4) is 0 Å². The van der Waals surface area contributed by atoms with E-state index >= 15 is 0 Å². The number of nitrogens with zero attached hydrogens (tertiary/aromatic N) is 2. The lowest BCUT2D eigenvalue weighted by Gasteiger charge is -2.39. The molecule has 3 aromatic rings. The predicted octanol–water partition coefficient (Wildman–Crippen LogP) is 5.59. The fourth-order valence-electron chi connectivity index (χ4n) is 4.45. The van der Waals surface area contributed by atoms with Crippen LogP contribution in [0.5, 0.6) is 5.75 Å². The quantitative estimate of drug-likeness (QED) is 0.491. The van der Waals surface area contributed by atoms with Gasteiger partial charge in [0.05, 0.1) is 12.7 Å². The molecule has 1 aliphatic heterocycles. The highest BCUT2D eigenvalue weighted by atomic mass is 19.1. The molecule has 1 aliphatic rings. The summed E-state index contributed by atoms with van der Waals surface area (Å²) in [4.78, 5) is 17.8. The van der Waals surface area contributed by atoms with Crippen LogP contribution in [0, 0.1) is 18.6 Å². The lowest BCUT2D eigenvalue weighted by molar-refractivity contribution is 0.0955. The number of hydrogen-bond donors (Lipinski definition) is 0. The second kappa shape index (κ2) is 10.1. The minimum atomic E-state index is -0.571. The summed E-state index contributed by atoms with van der Waals surface area (Å²) in [5.41, 5.74) is 2.94. The van der Waals surface area contributed by atoms with Gasteiger partial charge in [-0.3, -0.25) is 9.69 Å². The summed E-state index contributed by atoms with van der Waals surface area (Å²) in [5.74, 6) is -0.645. The maximum atomic E-state index is 14.1. The van der Waals surface area contributed by atoms with Crippen LogP contribution in [0.4, 0.5) is 14.5 Å². The normalized spacial score (nSPS) is 14.8. The summed E-state index contributed by atoms with van der Waals surface area (Å²) < 4.78 is 32.8. The Morgan fingerprint density at radius 1 is 1.03 bits per heavy atom. The Hall–Kier alpha value is -3.25. The van der Waals surface area contributed by atoms with Gasteiger partial charge in [0.2, 0.25) is 0 Å². The molecular weight excluding hydrogens is 422 g/mol. The smallest absolute Gasteiger partial charge is 0.262 e. The summed E-state index contributed by atoms with van der Waals surface area (Å²) in [5, 5.41) is 0. The summed E-state index contributed by atoms with van der Waals surface area (Å²) in [7, 11) is 1.57. The average Bonchev–Trinajstić information content (AvgIpc) is 2.82. The molecule has 3 aromatic carbocycles. The van der Waals surface area contributed by atoms with E-state index in [1.165, 1.54) is 12.1 Å². The Bertz CT molecular complexity index is 1130. The van der Waals surface area contributed by atoms with Gasteiger partial charge in [0.15, 0.2) is 0 Å². The number of amides is 1. The highest BCUT2D eigenvalue weighted by Gasteiger charge is 2.31. The monoisotopic (exact) mass is 450 g/mol. The van der Waals surface area contributed by atoms with Gasteiger partial charge in [-0.25, -0.2) is 8.78 Å². The van der Waals surface area contributed by atoms with Crippen molar-refractivity contribution in [3.8, 4) is 5.75 Å². The van der Waals surface area contributed by atoms with Crippen molar-refractivity contribution in [2.45, 2.75) is 32.4 Å². The van der Waals surface area contributed by atoms with Crippen molar-refractivity contribution in [3.05, 3.63) is 95.1 Å². The number of rotatable bonds is 6. The van der Waals surface area contributed by atoms with Crippen LogP contribution in [-0.2, 0) is 6.54 Å². The minimum Gasteiger partial charge on any atom is -0.496 e. The number of methoxy groups -OCH3 is 1. The van der Waals surface area contributed by atoms with Crippen LogP contribution in [-0.4, -0.2) is 37.0 Å². The van der Waals surface area contributed by atoms with Crippen molar-refractivity contribution in [1.82, 2.24) is 4.90 Å². The SMILES string of the molecule is COc1ccccc1C(=O)N(c1cccc(C)c1)C1CCN(Cc2ccc(F)cc2F)CC1. The molecule has 33 heavy (non-hydrogen) atoms. The first-order valence-electron chi connectivity index (χ1n) is 11.2. The van der Waals surface area contributed by atoms with E-state index < -0.39 is 11.6 Å². The molecule has 0 radical (unpaired) electrons. The summed E-state index contributed by atoms with van der Waals surface area (Å²) >= 11 is 0. The number of hydrogen-bond acceptors (Lipinski definition) is 3. The molecule has 0 saturated carbocycles. The number of para-hydroxylation sites is 1. The van der Waals surface area contributed by atoms with Gasteiger partial charge in [-0.05, 0) is 55.7 Å². The molecule has 0 atom stereocenters. The van der Waals surface area contributed by atoms with Gasteiger partial charge < -0.3 is 9.64 Å². The second-order valence-corrected chi connectivity index (χ2v) is 8.46. The third-order valence-corrected chi connectivity index (χ3v) is 6.17. The van der Waals surface area contributed by atoms with Crippen molar-refractivity contribution in [1.29, 1.82) is 0 Å². The molecule has 6 heteroatoms. The Morgan fingerprint density at radius 2 is 1.79 bits per heavy atom. The van der Waals surface area contributed by atoms with E-state index in [4.69, 9.17) is 4.74 Å². The predicted molar refractivity (Wildman–Crippen MR) is 126 cm³/mol. The topological polar surface area (TPSA) is 32.8 Å². The second-order valence-electron chi connectivity index (χ2n) is 8.46. The lowest BCUT2D eigenvalue weighted by Crippen LogP contribution is -2.47. The molecule has 1 amide bonds. The molecule has 4 rings (SSSR count). The molecule has 172 valence electrons. The number of carbonyl (C=O) groups is 1. The third-order valence-electron chi connectivity index (χ3n) is 6.17. The van der Waals surface area contributed by atoms with Gasteiger partial charge in [0, 0.05) is 43.0 Å². The Kier molecular flexibility index (Phi) is 7.04. The highest BCUT2D eigenvalue weighted by Crippen LogP contribution is 2.30. The van der Waals surface area contributed by atoms with Gasteiger partial charge in [0.1, 0.15) is 17.4 Å². The van der Waals surface area contributed by atoms with E-state index in [9.17, 15) is 13.6 Å². The standard InChI is InChI=1S/C27H28F2N2O2/c1-19-6-5-7-23(16-19)31(27(32)24-8-3-4-9-26(24)33-2)22-12-14-30(15-13-22)18-20-10-11-21(28)17-25(20)29/h3-11,16-17,22H,12-15,18H2,1-2H3. The minimum absolute atomic E-state index is 0.00136. The molecule has 0 unspecified atom stereocenters. The van der Waals surface area contributed by atoms with Crippen LogP contribution in [0.2, 0.25) is 0 Å². The maximum Gasteiger partial charge on any atom is 0.262 e. The Labute approximate surface area is 193 Å². The third kappa shape index (κ3) is 5.22. The number of carbonyl (C=O) groups excluding carboxylic acids is 1. The van der Waals surface area contributed by atoms with Gasteiger partial charge in [-0.1, -0.05) is 30.3 Å². The zero-order chi connectivity index (χ0) is 23.4. The van der Waals surface area contributed by atoms with Crippen molar-refractivity contribution in [3.63, 3.8) is 0 Å². The van der Waals surface area contributed by atoms with E-state index in [1.807, 2.05) is 48.2 Å². The summed E-state index contributed by atoms with van der Waals surface area (Å²) in [6.45, 7) is 3.85. The number of aryl methyl sites for hydroxylation is 1. The van der Waals surface area contributed by atoms with Crippen LogP contribution in [0.25, 0.3) is 0 Å². The van der Waals surface area contributed by atoms with Crippen LogP contribution >= 0.6 is 0 Å². The molecule has 0 N–H and O–H groups in total. The van der Waals surface area contributed by atoms with Gasteiger partial charge in [-0.15, -0.1) is 0 Å². The zero-order valence-corrected chi connectivity index (χ0v) is 18.9. The largest absolute Gasteiger partial charge is 0.496 e. The molecule has 0 aromatic heterocycles.